The Bertz CT molecular complexity index is 683. The molecule has 0 radical (unpaired) electrons. The molecule has 110 valence electrons. The maximum Gasteiger partial charge on any atom is 0.407 e. The first-order valence-electron chi connectivity index (χ1n) is 6.87. The average molecular weight is 350 g/mol. The fraction of sp³-hybridized carbons (Fsp3) is 0.333. The van der Waals surface area contributed by atoms with Gasteiger partial charge in [0.15, 0.2) is 0 Å². The third kappa shape index (κ3) is 2.68. The van der Waals surface area contributed by atoms with Gasteiger partial charge in [-0.2, -0.15) is 0 Å². The Morgan fingerprint density at radius 3 is 3.05 bits per heavy atom. The van der Waals surface area contributed by atoms with Crippen LogP contribution in [-0.2, 0) is 0 Å². The summed E-state index contributed by atoms with van der Waals surface area (Å²) in [5.41, 5.74) is 3.01. The second-order valence-corrected chi connectivity index (χ2v) is 6.12. The number of H-pyrrole nitrogens is 1. The summed E-state index contributed by atoms with van der Waals surface area (Å²) >= 11 is 3.48. The lowest BCUT2D eigenvalue weighted by atomic mass is 10.1. The second kappa shape index (κ2) is 5.52. The summed E-state index contributed by atoms with van der Waals surface area (Å²) in [4.78, 5) is 20.4. The molecule has 1 aromatic heterocycles. The third-order valence-corrected chi connectivity index (χ3v) is 4.76. The number of hydrogen-bond donors (Lipinski definition) is 2. The van der Waals surface area contributed by atoms with Gasteiger partial charge in [0.25, 0.3) is 0 Å². The number of nitrogens with one attached hydrogen (secondary N) is 1. The van der Waals surface area contributed by atoms with Crippen molar-refractivity contribution in [3.8, 4) is 11.3 Å². The maximum absolute atomic E-state index is 11.2. The molecule has 2 heterocycles. The fourth-order valence-electron chi connectivity index (χ4n) is 2.74. The van der Waals surface area contributed by atoms with E-state index in [4.69, 9.17) is 0 Å². The van der Waals surface area contributed by atoms with E-state index in [1.165, 1.54) is 4.90 Å². The largest absolute Gasteiger partial charge is 0.465 e. The normalized spacial score (nSPS) is 18.2. The predicted molar refractivity (Wildman–Crippen MR) is 83.2 cm³/mol. The van der Waals surface area contributed by atoms with E-state index < -0.39 is 6.09 Å². The van der Waals surface area contributed by atoms with Crippen LogP contribution in [-0.4, -0.2) is 32.6 Å². The SMILES string of the molecule is Cc1cc(-c2c[nH]c([C@@H]3CCCN3C(=O)O)n2)ccc1Br. The van der Waals surface area contributed by atoms with Crippen molar-refractivity contribution in [2.45, 2.75) is 25.8 Å². The summed E-state index contributed by atoms with van der Waals surface area (Å²) in [6, 6.07) is 5.90. The number of benzene rings is 1. The molecule has 0 aliphatic carbocycles. The number of nitrogens with zero attached hydrogens (tertiary/aromatic N) is 2. The van der Waals surface area contributed by atoms with Crippen molar-refractivity contribution in [2.75, 3.05) is 6.54 Å². The molecule has 0 bridgehead atoms. The van der Waals surface area contributed by atoms with Gasteiger partial charge in [0.1, 0.15) is 5.82 Å². The lowest BCUT2D eigenvalue weighted by molar-refractivity contribution is 0.139. The highest BCUT2D eigenvalue weighted by atomic mass is 79.9. The van der Waals surface area contributed by atoms with Crippen LogP contribution in [0.4, 0.5) is 4.79 Å². The van der Waals surface area contributed by atoms with E-state index in [2.05, 4.69) is 32.0 Å². The molecule has 2 aromatic rings. The van der Waals surface area contributed by atoms with Crippen molar-refractivity contribution < 1.29 is 9.90 Å². The van der Waals surface area contributed by atoms with Crippen molar-refractivity contribution in [1.82, 2.24) is 14.9 Å². The molecule has 2 N–H and O–H groups in total. The summed E-state index contributed by atoms with van der Waals surface area (Å²) in [7, 11) is 0. The van der Waals surface area contributed by atoms with Gasteiger partial charge in [-0.15, -0.1) is 0 Å². The molecule has 0 saturated carbocycles. The van der Waals surface area contributed by atoms with Crippen LogP contribution in [0.15, 0.2) is 28.9 Å². The van der Waals surface area contributed by atoms with Crippen LogP contribution < -0.4 is 0 Å². The molecule has 1 aliphatic rings. The summed E-state index contributed by atoms with van der Waals surface area (Å²) in [5, 5.41) is 9.21. The van der Waals surface area contributed by atoms with E-state index in [0.29, 0.717) is 6.54 Å². The standard InChI is InChI=1S/C15H16BrN3O2/c1-9-7-10(4-5-11(9)16)12-8-17-14(18-12)13-3-2-6-19(13)15(20)21/h4-5,7-8,13H,2-3,6H2,1H3,(H,17,18)(H,20,21)/t13-/m0/s1. The number of amides is 1. The predicted octanol–water partition coefficient (Wildman–Crippen LogP) is 3.96. The highest BCUT2D eigenvalue weighted by molar-refractivity contribution is 9.10. The maximum atomic E-state index is 11.2. The van der Waals surface area contributed by atoms with Gasteiger partial charge in [0, 0.05) is 22.8 Å². The number of aromatic nitrogens is 2. The van der Waals surface area contributed by atoms with Gasteiger partial charge in [-0.05, 0) is 37.5 Å². The van der Waals surface area contributed by atoms with Gasteiger partial charge >= 0.3 is 6.09 Å². The van der Waals surface area contributed by atoms with E-state index >= 15 is 0 Å². The summed E-state index contributed by atoms with van der Waals surface area (Å²) < 4.78 is 1.06. The lowest BCUT2D eigenvalue weighted by Crippen LogP contribution is -2.29. The minimum absolute atomic E-state index is 0.159. The number of aromatic amines is 1. The zero-order valence-electron chi connectivity index (χ0n) is 11.6. The van der Waals surface area contributed by atoms with Crippen LogP contribution in [0.2, 0.25) is 0 Å². The van der Waals surface area contributed by atoms with Gasteiger partial charge in [0.2, 0.25) is 0 Å². The zero-order valence-corrected chi connectivity index (χ0v) is 13.2. The van der Waals surface area contributed by atoms with Crippen molar-refractivity contribution >= 4 is 22.0 Å². The number of halogens is 1. The van der Waals surface area contributed by atoms with Gasteiger partial charge in [-0.25, -0.2) is 9.78 Å². The van der Waals surface area contributed by atoms with Gasteiger partial charge in [0.05, 0.1) is 11.7 Å². The molecular formula is C15H16BrN3O2. The molecule has 0 unspecified atom stereocenters. The first kappa shape index (κ1) is 14.1. The minimum Gasteiger partial charge on any atom is -0.465 e. The second-order valence-electron chi connectivity index (χ2n) is 5.27. The molecule has 1 aliphatic heterocycles. The number of likely N-dealkylation sites (tertiary alicyclic amines) is 1. The smallest absolute Gasteiger partial charge is 0.407 e. The number of hydrogen-bond acceptors (Lipinski definition) is 2. The number of carbonyl (C=O) groups is 1. The van der Waals surface area contributed by atoms with Gasteiger partial charge in [-0.1, -0.05) is 22.0 Å². The van der Waals surface area contributed by atoms with Crippen molar-refractivity contribution in [3.05, 3.63) is 40.3 Å². The van der Waals surface area contributed by atoms with E-state index in [1.54, 1.807) is 0 Å². The van der Waals surface area contributed by atoms with E-state index in [9.17, 15) is 9.90 Å². The van der Waals surface area contributed by atoms with Crippen LogP contribution in [0.1, 0.15) is 30.3 Å². The van der Waals surface area contributed by atoms with Crippen molar-refractivity contribution in [2.24, 2.45) is 0 Å². The molecule has 6 heteroatoms. The van der Waals surface area contributed by atoms with Crippen molar-refractivity contribution in [3.63, 3.8) is 0 Å². The molecule has 1 aromatic carbocycles. The molecule has 1 amide bonds. The van der Waals surface area contributed by atoms with Crippen LogP contribution in [0.3, 0.4) is 0 Å². The lowest BCUT2D eigenvalue weighted by Gasteiger charge is -2.19. The third-order valence-electron chi connectivity index (χ3n) is 3.87. The molecular weight excluding hydrogens is 334 g/mol. The summed E-state index contributed by atoms with van der Waals surface area (Å²) in [6.07, 6.45) is 2.66. The average Bonchev–Trinajstić information content (AvgIpc) is 3.09. The summed E-state index contributed by atoms with van der Waals surface area (Å²) in [5.74, 6) is 0.727. The Balaban J connectivity index is 1.89. The Hall–Kier alpha value is -1.82. The molecule has 1 fully saturated rings. The Morgan fingerprint density at radius 2 is 2.33 bits per heavy atom. The highest BCUT2D eigenvalue weighted by Gasteiger charge is 2.31. The minimum atomic E-state index is -0.880. The monoisotopic (exact) mass is 349 g/mol. The van der Waals surface area contributed by atoms with Crippen LogP contribution in [0.5, 0.6) is 0 Å². The van der Waals surface area contributed by atoms with Crippen LogP contribution in [0.25, 0.3) is 11.3 Å². The zero-order chi connectivity index (χ0) is 15.0. The van der Waals surface area contributed by atoms with E-state index in [0.717, 1.165) is 40.0 Å². The Kier molecular flexibility index (Phi) is 3.71. The van der Waals surface area contributed by atoms with Crippen LogP contribution in [0, 0.1) is 6.92 Å². The topological polar surface area (TPSA) is 69.2 Å². The number of imidazole rings is 1. The molecule has 5 nitrogen and oxygen atoms in total. The highest BCUT2D eigenvalue weighted by Crippen LogP contribution is 2.32. The first-order chi connectivity index (χ1) is 10.1. The Morgan fingerprint density at radius 1 is 1.52 bits per heavy atom. The fourth-order valence-corrected chi connectivity index (χ4v) is 2.99. The quantitative estimate of drug-likeness (QED) is 0.861. The number of aryl methyl sites for hydroxylation is 1. The number of carboxylic acid groups (broad SMARTS) is 1. The van der Waals surface area contributed by atoms with E-state index in [1.807, 2.05) is 25.3 Å². The molecule has 21 heavy (non-hydrogen) atoms. The molecule has 3 rings (SSSR count). The molecule has 1 saturated heterocycles. The molecule has 0 spiro atoms. The first-order valence-corrected chi connectivity index (χ1v) is 7.67. The Labute approximate surface area is 131 Å². The van der Waals surface area contributed by atoms with Gasteiger partial charge in [-0.3, -0.25) is 4.90 Å². The summed E-state index contributed by atoms with van der Waals surface area (Å²) in [6.45, 7) is 2.61. The van der Waals surface area contributed by atoms with E-state index in [-0.39, 0.29) is 6.04 Å². The molecule has 1 atom stereocenters. The van der Waals surface area contributed by atoms with Gasteiger partial charge < -0.3 is 10.1 Å². The van der Waals surface area contributed by atoms with Crippen molar-refractivity contribution in [1.29, 1.82) is 0 Å². The number of rotatable bonds is 2. The van der Waals surface area contributed by atoms with Crippen LogP contribution >= 0.6 is 15.9 Å².